The number of para-hydroxylation sites is 2. The number of allylic oxidation sites excluding steroid dienone is 1. The van der Waals surface area contributed by atoms with E-state index in [1.807, 2.05) is 18.2 Å². The molecule has 0 bridgehead atoms. The number of hydrogen-bond donors (Lipinski definition) is 1. The summed E-state index contributed by atoms with van der Waals surface area (Å²) in [6.07, 6.45) is 2.21. The molecule has 3 rings (SSSR count). The van der Waals surface area contributed by atoms with Gasteiger partial charge in [-0.15, -0.1) is 0 Å². The van der Waals surface area contributed by atoms with Gasteiger partial charge in [-0.25, -0.2) is 4.98 Å². The SMILES string of the molecule is CN(C)C(=O)c1ccc(N/C=C(\C=O)c2nc3ccccc3o2)cc1. The van der Waals surface area contributed by atoms with Crippen LogP contribution in [0.1, 0.15) is 16.2 Å². The summed E-state index contributed by atoms with van der Waals surface area (Å²) < 4.78 is 5.59. The number of aldehydes is 1. The number of anilines is 1. The van der Waals surface area contributed by atoms with Gasteiger partial charge in [0.25, 0.3) is 5.91 Å². The molecule has 6 nitrogen and oxygen atoms in total. The Morgan fingerprint density at radius 1 is 1.12 bits per heavy atom. The van der Waals surface area contributed by atoms with Crippen molar-refractivity contribution in [1.82, 2.24) is 9.88 Å². The molecule has 0 atom stereocenters. The Bertz CT molecular complexity index is 907. The maximum atomic E-state index is 11.9. The van der Waals surface area contributed by atoms with E-state index < -0.39 is 0 Å². The number of carbonyl (C=O) groups is 2. The Balaban J connectivity index is 1.79. The summed E-state index contributed by atoms with van der Waals surface area (Å²) in [5.41, 5.74) is 2.94. The normalized spacial score (nSPS) is 11.4. The molecule has 2 aromatic carbocycles. The van der Waals surface area contributed by atoms with Gasteiger partial charge in [0.15, 0.2) is 11.9 Å². The van der Waals surface area contributed by atoms with Crippen LogP contribution in [0.15, 0.2) is 59.1 Å². The standard InChI is InChI=1S/C19H17N3O3/c1-22(2)19(24)13-7-9-15(10-8-13)20-11-14(12-23)18-21-16-5-3-4-6-17(16)25-18/h3-12,20H,1-2H3/b14-11+. The molecule has 0 aliphatic rings. The van der Waals surface area contributed by atoms with Crippen molar-refractivity contribution in [3.05, 3.63) is 66.2 Å². The molecule has 6 heteroatoms. The van der Waals surface area contributed by atoms with Crippen LogP contribution in [0.2, 0.25) is 0 Å². The fourth-order valence-corrected chi connectivity index (χ4v) is 2.27. The summed E-state index contributed by atoms with van der Waals surface area (Å²) in [4.78, 5) is 29.0. The fourth-order valence-electron chi connectivity index (χ4n) is 2.27. The third kappa shape index (κ3) is 3.58. The molecule has 3 aromatic rings. The lowest BCUT2D eigenvalue weighted by Crippen LogP contribution is -2.21. The van der Waals surface area contributed by atoms with E-state index in [-0.39, 0.29) is 11.8 Å². The Morgan fingerprint density at radius 3 is 2.48 bits per heavy atom. The Morgan fingerprint density at radius 2 is 1.84 bits per heavy atom. The molecule has 1 heterocycles. The third-order valence-corrected chi connectivity index (χ3v) is 3.60. The second-order valence-corrected chi connectivity index (χ2v) is 5.63. The summed E-state index contributed by atoms with van der Waals surface area (Å²) in [6, 6.07) is 14.3. The van der Waals surface area contributed by atoms with Crippen LogP contribution < -0.4 is 5.32 Å². The lowest BCUT2D eigenvalue weighted by atomic mass is 10.2. The number of oxazole rings is 1. The molecule has 0 aliphatic heterocycles. The first-order valence-corrected chi connectivity index (χ1v) is 7.68. The molecule has 25 heavy (non-hydrogen) atoms. The van der Waals surface area contributed by atoms with Gasteiger partial charge in [-0.2, -0.15) is 0 Å². The smallest absolute Gasteiger partial charge is 0.253 e. The van der Waals surface area contributed by atoms with E-state index in [1.165, 1.54) is 11.1 Å². The highest BCUT2D eigenvalue weighted by molar-refractivity contribution is 6.06. The van der Waals surface area contributed by atoms with E-state index >= 15 is 0 Å². The van der Waals surface area contributed by atoms with E-state index in [0.717, 1.165) is 5.69 Å². The van der Waals surface area contributed by atoms with Gasteiger partial charge in [-0.3, -0.25) is 9.59 Å². The van der Waals surface area contributed by atoms with Crippen molar-refractivity contribution in [2.24, 2.45) is 0 Å². The average Bonchev–Trinajstić information content (AvgIpc) is 3.06. The van der Waals surface area contributed by atoms with Crippen LogP contribution in [-0.4, -0.2) is 36.2 Å². The first-order valence-electron chi connectivity index (χ1n) is 7.68. The minimum atomic E-state index is -0.0675. The number of rotatable bonds is 5. The first-order chi connectivity index (χ1) is 12.1. The summed E-state index contributed by atoms with van der Waals surface area (Å²) in [7, 11) is 3.40. The predicted molar refractivity (Wildman–Crippen MR) is 96.1 cm³/mol. The van der Waals surface area contributed by atoms with Crippen LogP contribution in [0.25, 0.3) is 16.7 Å². The van der Waals surface area contributed by atoms with Gasteiger partial charge in [-0.05, 0) is 36.4 Å². The molecule has 0 unspecified atom stereocenters. The van der Waals surface area contributed by atoms with Crippen molar-refractivity contribution in [2.45, 2.75) is 0 Å². The Labute approximate surface area is 144 Å². The van der Waals surface area contributed by atoms with Crippen molar-refractivity contribution in [3.8, 4) is 0 Å². The molecule has 1 N–H and O–H groups in total. The average molecular weight is 335 g/mol. The van der Waals surface area contributed by atoms with Gasteiger partial charge < -0.3 is 14.6 Å². The van der Waals surface area contributed by atoms with E-state index in [0.29, 0.717) is 28.5 Å². The predicted octanol–water partition coefficient (Wildman–Crippen LogP) is 3.18. The number of nitrogens with zero attached hydrogens (tertiary/aromatic N) is 2. The quantitative estimate of drug-likeness (QED) is 0.572. The zero-order valence-corrected chi connectivity index (χ0v) is 13.9. The van der Waals surface area contributed by atoms with Crippen molar-refractivity contribution in [3.63, 3.8) is 0 Å². The van der Waals surface area contributed by atoms with Crippen LogP contribution in [0.5, 0.6) is 0 Å². The van der Waals surface area contributed by atoms with Crippen molar-refractivity contribution < 1.29 is 14.0 Å². The lowest BCUT2D eigenvalue weighted by molar-refractivity contribution is -0.103. The van der Waals surface area contributed by atoms with Crippen molar-refractivity contribution >= 4 is 34.6 Å². The minimum absolute atomic E-state index is 0.0675. The molecule has 0 aliphatic carbocycles. The molecule has 1 amide bonds. The molecule has 126 valence electrons. The number of carbonyl (C=O) groups excluding carboxylic acids is 2. The lowest BCUT2D eigenvalue weighted by Gasteiger charge is -2.10. The highest BCUT2D eigenvalue weighted by Gasteiger charge is 2.10. The second-order valence-electron chi connectivity index (χ2n) is 5.63. The number of nitrogens with one attached hydrogen (secondary N) is 1. The zero-order valence-electron chi connectivity index (χ0n) is 13.9. The molecular weight excluding hydrogens is 318 g/mol. The number of aromatic nitrogens is 1. The van der Waals surface area contributed by atoms with Crippen LogP contribution in [-0.2, 0) is 4.79 Å². The topological polar surface area (TPSA) is 75.4 Å². The summed E-state index contributed by atoms with van der Waals surface area (Å²) in [5, 5.41) is 3.02. The molecule has 1 aromatic heterocycles. The maximum absolute atomic E-state index is 11.9. The number of amides is 1. The van der Waals surface area contributed by atoms with Gasteiger partial charge in [0, 0.05) is 31.5 Å². The van der Waals surface area contributed by atoms with E-state index in [1.54, 1.807) is 44.4 Å². The van der Waals surface area contributed by atoms with E-state index in [4.69, 9.17) is 4.42 Å². The number of hydrogen-bond acceptors (Lipinski definition) is 5. The van der Waals surface area contributed by atoms with Crippen molar-refractivity contribution in [2.75, 3.05) is 19.4 Å². The van der Waals surface area contributed by atoms with Gasteiger partial charge in [0.1, 0.15) is 5.52 Å². The highest BCUT2D eigenvalue weighted by atomic mass is 16.3. The van der Waals surface area contributed by atoms with Gasteiger partial charge in [0.05, 0.1) is 5.57 Å². The molecule has 0 saturated heterocycles. The third-order valence-electron chi connectivity index (χ3n) is 3.60. The summed E-state index contributed by atoms with van der Waals surface area (Å²) in [5.74, 6) is 0.185. The monoisotopic (exact) mass is 335 g/mol. The molecule has 0 fully saturated rings. The largest absolute Gasteiger partial charge is 0.436 e. The molecule has 0 radical (unpaired) electrons. The van der Waals surface area contributed by atoms with Crippen LogP contribution in [0.3, 0.4) is 0 Å². The van der Waals surface area contributed by atoms with Gasteiger partial charge in [0.2, 0.25) is 5.89 Å². The Hall–Kier alpha value is -3.41. The summed E-state index contributed by atoms with van der Waals surface area (Å²) >= 11 is 0. The number of fused-ring (bicyclic) bond motifs is 1. The Kier molecular flexibility index (Phi) is 4.61. The highest BCUT2D eigenvalue weighted by Crippen LogP contribution is 2.20. The summed E-state index contributed by atoms with van der Waals surface area (Å²) in [6.45, 7) is 0. The van der Waals surface area contributed by atoms with Crippen LogP contribution in [0, 0.1) is 0 Å². The minimum Gasteiger partial charge on any atom is -0.436 e. The van der Waals surface area contributed by atoms with Gasteiger partial charge in [-0.1, -0.05) is 12.1 Å². The van der Waals surface area contributed by atoms with E-state index in [2.05, 4.69) is 10.3 Å². The maximum Gasteiger partial charge on any atom is 0.253 e. The number of benzene rings is 2. The molecular formula is C19H17N3O3. The first kappa shape index (κ1) is 16.4. The fraction of sp³-hybridized carbons (Fsp3) is 0.105. The molecule has 0 saturated carbocycles. The molecule has 0 spiro atoms. The second kappa shape index (κ2) is 7.00. The van der Waals surface area contributed by atoms with E-state index in [9.17, 15) is 9.59 Å². The zero-order chi connectivity index (χ0) is 17.8. The van der Waals surface area contributed by atoms with Crippen LogP contribution in [0.4, 0.5) is 5.69 Å². The van der Waals surface area contributed by atoms with Crippen molar-refractivity contribution in [1.29, 1.82) is 0 Å². The van der Waals surface area contributed by atoms with Crippen LogP contribution >= 0.6 is 0 Å². The van der Waals surface area contributed by atoms with Gasteiger partial charge >= 0.3 is 0 Å².